The molecule has 0 aliphatic rings. The van der Waals surface area contributed by atoms with Crippen molar-refractivity contribution in [1.29, 1.82) is 0 Å². The highest BCUT2D eigenvalue weighted by Gasteiger charge is 2.16. The second-order valence-corrected chi connectivity index (χ2v) is 5.65. The normalized spacial score (nSPS) is 11.0. The molecule has 0 unspecified atom stereocenters. The van der Waals surface area contributed by atoms with Crippen LogP contribution in [0.15, 0.2) is 23.7 Å². The number of carbonyl (C=O) groups excluding carboxylic acids is 1. The first-order chi connectivity index (χ1) is 11.5. The maximum Gasteiger partial charge on any atom is 0.388 e. The third kappa shape index (κ3) is 3.16. The lowest BCUT2D eigenvalue weighted by Gasteiger charge is -2.07. The summed E-state index contributed by atoms with van der Waals surface area (Å²) in [5, 5.41) is 2.14. The van der Waals surface area contributed by atoms with Gasteiger partial charge in [-0.2, -0.15) is 8.78 Å². The molecule has 6 nitrogen and oxygen atoms in total. The molecule has 0 aliphatic carbocycles. The van der Waals surface area contributed by atoms with Crippen molar-refractivity contribution >= 4 is 28.3 Å². The van der Waals surface area contributed by atoms with E-state index in [0.29, 0.717) is 21.6 Å². The van der Waals surface area contributed by atoms with Crippen LogP contribution in [-0.2, 0) is 4.74 Å². The average Bonchev–Trinajstić information content (AvgIpc) is 3.02. The van der Waals surface area contributed by atoms with Crippen molar-refractivity contribution in [3.8, 4) is 16.5 Å². The third-order valence-corrected chi connectivity index (χ3v) is 3.98. The summed E-state index contributed by atoms with van der Waals surface area (Å²) in [5.41, 5.74) is 2.57. The molecule has 0 saturated carbocycles. The molecule has 0 fully saturated rings. The maximum absolute atomic E-state index is 12.3. The smallest absolute Gasteiger partial charge is 0.388 e. The topological polar surface area (TPSA) is 74.2 Å². The number of carbonyl (C=O) groups is 1. The Hall–Kier alpha value is -2.68. The molecule has 3 aromatic rings. The summed E-state index contributed by atoms with van der Waals surface area (Å²) in [6, 6.07) is 3.55. The first kappa shape index (κ1) is 16.2. The van der Waals surface area contributed by atoms with E-state index in [1.165, 1.54) is 18.4 Å². The largest absolute Gasteiger partial charge is 0.464 e. The number of ether oxygens (including phenoxy) is 2. The van der Waals surface area contributed by atoms with E-state index in [1.807, 2.05) is 13.0 Å². The van der Waals surface area contributed by atoms with Crippen LogP contribution < -0.4 is 4.74 Å². The minimum atomic E-state index is -2.97. The van der Waals surface area contributed by atoms with E-state index in [9.17, 15) is 13.6 Å². The highest BCUT2D eigenvalue weighted by atomic mass is 32.1. The van der Waals surface area contributed by atoms with E-state index in [0.717, 1.165) is 11.8 Å². The van der Waals surface area contributed by atoms with Crippen molar-refractivity contribution in [1.82, 2.24) is 15.0 Å². The number of esters is 1. The molecule has 0 amide bonds. The third-order valence-electron chi connectivity index (χ3n) is 3.11. The summed E-state index contributed by atoms with van der Waals surface area (Å²) in [5.74, 6) is -0.795. The molecule has 124 valence electrons. The minimum Gasteiger partial charge on any atom is -0.464 e. The summed E-state index contributed by atoms with van der Waals surface area (Å²) in [7, 11) is 1.28. The number of aryl methyl sites for hydroxylation is 1. The number of aromatic nitrogens is 3. The zero-order chi connectivity index (χ0) is 17.3. The van der Waals surface area contributed by atoms with Crippen molar-refractivity contribution in [2.24, 2.45) is 0 Å². The number of benzene rings is 1. The van der Waals surface area contributed by atoms with Gasteiger partial charge in [-0.25, -0.2) is 19.7 Å². The number of hydrogen-bond acceptors (Lipinski definition) is 7. The molecule has 0 saturated heterocycles. The van der Waals surface area contributed by atoms with Gasteiger partial charge in [-0.15, -0.1) is 11.3 Å². The van der Waals surface area contributed by atoms with Crippen LogP contribution in [0.25, 0.3) is 21.6 Å². The first-order valence-corrected chi connectivity index (χ1v) is 7.62. The fourth-order valence-electron chi connectivity index (χ4n) is 2.15. The van der Waals surface area contributed by atoms with Crippen LogP contribution in [0.3, 0.4) is 0 Å². The lowest BCUT2D eigenvalue weighted by atomic mass is 10.1. The number of halogens is 2. The summed E-state index contributed by atoms with van der Waals surface area (Å²) in [6.45, 7) is -1.14. The van der Waals surface area contributed by atoms with E-state index >= 15 is 0 Å². The Bertz CT molecular complexity index is 914. The van der Waals surface area contributed by atoms with Crippen LogP contribution >= 0.6 is 11.3 Å². The van der Waals surface area contributed by atoms with Crippen LogP contribution in [0.4, 0.5) is 8.78 Å². The lowest BCUT2D eigenvalue weighted by Crippen LogP contribution is -2.04. The Kier molecular flexibility index (Phi) is 4.34. The summed E-state index contributed by atoms with van der Waals surface area (Å²) < 4.78 is 33.5. The summed E-state index contributed by atoms with van der Waals surface area (Å²) >= 11 is 1.25. The quantitative estimate of drug-likeness (QED) is 0.670. The second kappa shape index (κ2) is 6.44. The fraction of sp³-hybridized carbons (Fsp3) is 0.200. The molecule has 2 aromatic heterocycles. The number of rotatable bonds is 4. The number of fused-ring (bicyclic) bond motifs is 1. The molecule has 9 heteroatoms. The van der Waals surface area contributed by atoms with Gasteiger partial charge >= 0.3 is 12.6 Å². The molecular weight excluding hydrogens is 340 g/mol. The van der Waals surface area contributed by atoms with Crippen LogP contribution in [0, 0.1) is 6.92 Å². The van der Waals surface area contributed by atoms with Gasteiger partial charge in [0.1, 0.15) is 5.01 Å². The number of hydrogen-bond donors (Lipinski definition) is 0. The van der Waals surface area contributed by atoms with Gasteiger partial charge in [-0.3, -0.25) is 0 Å². The van der Waals surface area contributed by atoms with E-state index in [-0.39, 0.29) is 11.6 Å². The van der Waals surface area contributed by atoms with Crippen molar-refractivity contribution in [2.75, 3.05) is 7.11 Å². The van der Waals surface area contributed by atoms with Gasteiger partial charge in [0.15, 0.2) is 5.69 Å². The Morgan fingerprint density at radius 3 is 2.79 bits per heavy atom. The number of alkyl halides is 2. The molecule has 0 spiro atoms. The van der Waals surface area contributed by atoms with E-state index < -0.39 is 12.6 Å². The molecule has 0 N–H and O–H groups in total. The van der Waals surface area contributed by atoms with Crippen LogP contribution in [0.5, 0.6) is 5.88 Å². The zero-order valence-electron chi connectivity index (χ0n) is 12.6. The average molecular weight is 351 g/mol. The van der Waals surface area contributed by atoms with E-state index in [2.05, 4.69) is 24.4 Å². The highest BCUT2D eigenvalue weighted by molar-refractivity contribution is 7.13. The van der Waals surface area contributed by atoms with Crippen molar-refractivity contribution in [2.45, 2.75) is 13.5 Å². The highest BCUT2D eigenvalue weighted by Crippen LogP contribution is 2.31. The van der Waals surface area contributed by atoms with Gasteiger partial charge in [0.25, 0.3) is 0 Å². The van der Waals surface area contributed by atoms with Gasteiger partial charge in [-0.05, 0) is 24.6 Å². The molecular formula is C15H11F2N3O3S. The van der Waals surface area contributed by atoms with Gasteiger partial charge in [0.05, 0.1) is 24.3 Å². The second-order valence-electron chi connectivity index (χ2n) is 4.80. The van der Waals surface area contributed by atoms with Crippen LogP contribution in [-0.4, -0.2) is 34.6 Å². The summed E-state index contributed by atoms with van der Waals surface area (Å²) in [6.07, 6.45) is 1.13. The molecule has 0 aliphatic heterocycles. The van der Waals surface area contributed by atoms with Gasteiger partial charge in [-0.1, -0.05) is 0 Å². The molecule has 24 heavy (non-hydrogen) atoms. The number of thiazole rings is 1. The molecule has 3 rings (SSSR count). The van der Waals surface area contributed by atoms with Gasteiger partial charge < -0.3 is 9.47 Å². The van der Waals surface area contributed by atoms with Crippen LogP contribution in [0.1, 0.15) is 16.1 Å². The number of nitrogens with zero attached hydrogens (tertiary/aromatic N) is 3. The van der Waals surface area contributed by atoms with Gasteiger partial charge in [0.2, 0.25) is 5.88 Å². The van der Waals surface area contributed by atoms with Crippen molar-refractivity contribution in [3.05, 3.63) is 35.0 Å². The molecule has 2 heterocycles. The zero-order valence-corrected chi connectivity index (χ0v) is 13.4. The molecule has 1 aromatic carbocycles. The standard InChI is InChI=1S/C15H11F2N3O3S/c1-7-3-8(13-20-10(6-24-13)14(21)22-2)12-9(4-7)19-11(5-18-12)23-15(16)17/h3-6,15H,1-2H3. The summed E-state index contributed by atoms with van der Waals surface area (Å²) in [4.78, 5) is 24.0. The molecule has 0 bridgehead atoms. The maximum atomic E-state index is 12.3. The van der Waals surface area contributed by atoms with Crippen LogP contribution in [0.2, 0.25) is 0 Å². The Labute approximate surface area is 139 Å². The van der Waals surface area contributed by atoms with E-state index in [1.54, 1.807) is 11.4 Å². The van der Waals surface area contributed by atoms with Crippen molar-refractivity contribution < 1.29 is 23.0 Å². The predicted molar refractivity (Wildman–Crippen MR) is 83.4 cm³/mol. The fourth-order valence-corrected chi connectivity index (χ4v) is 2.96. The molecule has 0 radical (unpaired) electrons. The minimum absolute atomic E-state index is 0.192. The SMILES string of the molecule is COC(=O)c1csc(-c2cc(C)cc3nc(OC(F)F)cnc23)n1. The monoisotopic (exact) mass is 351 g/mol. The molecule has 0 atom stereocenters. The predicted octanol–water partition coefficient (Wildman–Crippen LogP) is 3.45. The lowest BCUT2D eigenvalue weighted by molar-refractivity contribution is -0.0528. The van der Waals surface area contributed by atoms with Crippen molar-refractivity contribution in [3.63, 3.8) is 0 Å². The Morgan fingerprint density at radius 2 is 2.08 bits per heavy atom. The number of methoxy groups -OCH3 is 1. The van der Waals surface area contributed by atoms with Gasteiger partial charge in [0, 0.05) is 10.9 Å². The first-order valence-electron chi connectivity index (χ1n) is 6.74. The van der Waals surface area contributed by atoms with E-state index in [4.69, 9.17) is 0 Å². The Balaban J connectivity index is 2.10. The Morgan fingerprint density at radius 1 is 1.29 bits per heavy atom.